The molecule has 0 aliphatic carbocycles. The Bertz CT molecular complexity index is 458. The molecule has 1 aromatic heterocycles. The molecule has 1 heterocycles. The quantitative estimate of drug-likeness (QED) is 0.777. The number of methoxy groups -OCH3 is 1. The standard InChI is InChI=1S/C11H12BrNO4S/c1-17-8(11(15)16)6-13-10(14)5-3-7-2-4-9(12)18-7/h2-5,8H,6H2,1H3,(H,13,14)(H,15,16)/b5-3+. The topological polar surface area (TPSA) is 75.6 Å². The number of carboxylic acids is 1. The Kier molecular flexibility index (Phi) is 6.03. The largest absolute Gasteiger partial charge is 0.479 e. The maximum atomic E-state index is 11.4. The van der Waals surface area contributed by atoms with Crippen LogP contribution in [-0.4, -0.2) is 36.7 Å². The zero-order valence-corrected chi connectivity index (χ0v) is 12.0. The van der Waals surface area contributed by atoms with Gasteiger partial charge in [-0.25, -0.2) is 4.79 Å². The average Bonchev–Trinajstić information content (AvgIpc) is 2.73. The van der Waals surface area contributed by atoms with Gasteiger partial charge in [0.1, 0.15) is 0 Å². The van der Waals surface area contributed by atoms with Gasteiger partial charge in [0.25, 0.3) is 0 Å². The van der Waals surface area contributed by atoms with E-state index in [4.69, 9.17) is 5.11 Å². The average molecular weight is 334 g/mol. The lowest BCUT2D eigenvalue weighted by Crippen LogP contribution is -2.37. The van der Waals surface area contributed by atoms with Gasteiger partial charge >= 0.3 is 5.97 Å². The van der Waals surface area contributed by atoms with E-state index in [1.165, 1.54) is 24.5 Å². The van der Waals surface area contributed by atoms with E-state index in [9.17, 15) is 9.59 Å². The van der Waals surface area contributed by atoms with Gasteiger partial charge in [0.15, 0.2) is 6.10 Å². The summed E-state index contributed by atoms with van der Waals surface area (Å²) in [6, 6.07) is 3.75. The summed E-state index contributed by atoms with van der Waals surface area (Å²) in [5.74, 6) is -1.47. The Balaban J connectivity index is 2.42. The van der Waals surface area contributed by atoms with E-state index in [0.717, 1.165) is 8.66 Å². The molecule has 18 heavy (non-hydrogen) atoms. The van der Waals surface area contributed by atoms with Crippen LogP contribution >= 0.6 is 27.3 Å². The fourth-order valence-electron chi connectivity index (χ4n) is 1.10. The molecule has 0 bridgehead atoms. The second-order valence-electron chi connectivity index (χ2n) is 3.28. The predicted octanol–water partition coefficient (Wildman–Crippen LogP) is 1.74. The third-order valence-corrected chi connectivity index (χ3v) is 3.60. The second-order valence-corrected chi connectivity index (χ2v) is 5.78. The van der Waals surface area contributed by atoms with Crippen molar-refractivity contribution in [3.63, 3.8) is 0 Å². The second kappa shape index (κ2) is 7.30. The summed E-state index contributed by atoms with van der Waals surface area (Å²) in [6.07, 6.45) is 1.98. The van der Waals surface area contributed by atoms with Crippen LogP contribution in [0.1, 0.15) is 4.88 Å². The number of rotatable bonds is 6. The fourth-order valence-corrected chi connectivity index (χ4v) is 2.43. The molecule has 7 heteroatoms. The van der Waals surface area contributed by atoms with Crippen LogP contribution in [0.4, 0.5) is 0 Å². The van der Waals surface area contributed by atoms with Crippen molar-refractivity contribution in [2.24, 2.45) is 0 Å². The van der Waals surface area contributed by atoms with Gasteiger partial charge in [-0.15, -0.1) is 11.3 Å². The maximum Gasteiger partial charge on any atom is 0.334 e. The van der Waals surface area contributed by atoms with Crippen molar-refractivity contribution in [1.82, 2.24) is 5.32 Å². The van der Waals surface area contributed by atoms with Crippen molar-refractivity contribution in [2.45, 2.75) is 6.10 Å². The van der Waals surface area contributed by atoms with Gasteiger partial charge in [0.2, 0.25) is 5.91 Å². The summed E-state index contributed by atoms with van der Waals surface area (Å²) >= 11 is 4.81. The molecule has 0 saturated heterocycles. The fraction of sp³-hybridized carbons (Fsp3) is 0.273. The highest BCUT2D eigenvalue weighted by atomic mass is 79.9. The van der Waals surface area contributed by atoms with Gasteiger partial charge in [-0.3, -0.25) is 4.79 Å². The van der Waals surface area contributed by atoms with Crippen LogP contribution in [0.2, 0.25) is 0 Å². The van der Waals surface area contributed by atoms with E-state index in [-0.39, 0.29) is 12.5 Å². The van der Waals surface area contributed by atoms with Crippen molar-refractivity contribution in [2.75, 3.05) is 13.7 Å². The van der Waals surface area contributed by atoms with E-state index >= 15 is 0 Å². The van der Waals surface area contributed by atoms with Crippen LogP contribution < -0.4 is 5.32 Å². The van der Waals surface area contributed by atoms with Crippen molar-refractivity contribution < 1.29 is 19.4 Å². The molecule has 0 radical (unpaired) electrons. The first-order chi connectivity index (χ1) is 8.52. The van der Waals surface area contributed by atoms with Crippen molar-refractivity contribution in [3.8, 4) is 0 Å². The van der Waals surface area contributed by atoms with E-state index in [2.05, 4.69) is 26.0 Å². The summed E-state index contributed by atoms with van der Waals surface area (Å²) in [6.45, 7) is -0.0663. The van der Waals surface area contributed by atoms with Crippen LogP contribution in [0.5, 0.6) is 0 Å². The summed E-state index contributed by atoms with van der Waals surface area (Å²) in [5, 5.41) is 11.2. The van der Waals surface area contributed by atoms with Crippen molar-refractivity contribution in [3.05, 3.63) is 26.9 Å². The van der Waals surface area contributed by atoms with Gasteiger partial charge in [0, 0.05) is 18.1 Å². The summed E-state index contributed by atoms with van der Waals surface area (Å²) < 4.78 is 5.67. The molecular weight excluding hydrogens is 322 g/mol. The Morgan fingerprint density at radius 3 is 2.83 bits per heavy atom. The number of hydrogen-bond acceptors (Lipinski definition) is 4. The monoisotopic (exact) mass is 333 g/mol. The number of ether oxygens (including phenoxy) is 1. The van der Waals surface area contributed by atoms with Crippen LogP contribution in [0.3, 0.4) is 0 Å². The Hall–Kier alpha value is -1.18. The molecule has 0 aliphatic rings. The third-order valence-electron chi connectivity index (χ3n) is 2.01. The van der Waals surface area contributed by atoms with E-state index in [0.29, 0.717) is 0 Å². The number of carboxylic acid groups (broad SMARTS) is 1. The zero-order chi connectivity index (χ0) is 13.5. The zero-order valence-electron chi connectivity index (χ0n) is 9.55. The molecule has 1 unspecified atom stereocenters. The van der Waals surface area contributed by atoms with Gasteiger partial charge in [-0.05, 0) is 34.1 Å². The predicted molar refractivity (Wildman–Crippen MR) is 72.5 cm³/mol. The van der Waals surface area contributed by atoms with E-state index in [1.54, 1.807) is 6.08 Å². The van der Waals surface area contributed by atoms with E-state index in [1.807, 2.05) is 12.1 Å². The number of aliphatic carboxylic acids is 1. The lowest BCUT2D eigenvalue weighted by atomic mass is 10.3. The highest BCUT2D eigenvalue weighted by molar-refractivity contribution is 9.11. The Morgan fingerprint density at radius 2 is 2.33 bits per heavy atom. The molecule has 1 atom stereocenters. The summed E-state index contributed by atoms with van der Waals surface area (Å²) in [4.78, 5) is 23.0. The third kappa shape index (κ3) is 4.99. The lowest BCUT2D eigenvalue weighted by molar-refractivity contribution is -0.148. The van der Waals surface area contributed by atoms with Gasteiger partial charge in [0.05, 0.1) is 10.3 Å². The number of amides is 1. The van der Waals surface area contributed by atoms with Crippen molar-refractivity contribution >= 4 is 45.2 Å². The van der Waals surface area contributed by atoms with Crippen LogP contribution in [0.15, 0.2) is 22.0 Å². The molecule has 2 N–H and O–H groups in total. The molecule has 0 saturated carbocycles. The number of thiophene rings is 1. The van der Waals surface area contributed by atoms with Crippen LogP contribution in [0.25, 0.3) is 6.08 Å². The summed E-state index contributed by atoms with van der Waals surface area (Å²) in [5.41, 5.74) is 0. The van der Waals surface area contributed by atoms with Crippen LogP contribution in [-0.2, 0) is 14.3 Å². The van der Waals surface area contributed by atoms with Crippen molar-refractivity contribution in [1.29, 1.82) is 0 Å². The molecule has 1 aromatic rings. The molecular formula is C11H12BrNO4S. The number of halogens is 1. The van der Waals surface area contributed by atoms with E-state index < -0.39 is 12.1 Å². The highest BCUT2D eigenvalue weighted by Gasteiger charge is 2.16. The minimum atomic E-state index is -1.11. The molecule has 0 spiro atoms. The normalized spacial score (nSPS) is 12.6. The minimum Gasteiger partial charge on any atom is -0.479 e. The smallest absolute Gasteiger partial charge is 0.334 e. The SMILES string of the molecule is COC(CNC(=O)/C=C/c1ccc(Br)s1)C(=O)O. The van der Waals surface area contributed by atoms with Gasteiger partial charge in [-0.1, -0.05) is 0 Å². The first kappa shape index (κ1) is 14.9. The summed E-state index contributed by atoms with van der Waals surface area (Å²) in [7, 11) is 1.28. The first-order valence-corrected chi connectivity index (χ1v) is 6.60. The molecule has 0 aliphatic heterocycles. The molecule has 0 fully saturated rings. The van der Waals surface area contributed by atoms with Gasteiger partial charge < -0.3 is 15.2 Å². The molecule has 1 rings (SSSR count). The lowest BCUT2D eigenvalue weighted by Gasteiger charge is -2.09. The van der Waals surface area contributed by atoms with Gasteiger partial charge in [-0.2, -0.15) is 0 Å². The molecule has 0 aromatic carbocycles. The molecule has 5 nitrogen and oxygen atoms in total. The number of nitrogens with one attached hydrogen (secondary N) is 1. The van der Waals surface area contributed by atoms with Crippen LogP contribution in [0, 0.1) is 0 Å². The minimum absolute atomic E-state index is 0.0663. The maximum absolute atomic E-state index is 11.4. The number of carbonyl (C=O) groups excluding carboxylic acids is 1. The Labute approximate surface area is 117 Å². The highest BCUT2D eigenvalue weighted by Crippen LogP contribution is 2.22. The molecule has 1 amide bonds. The molecule has 98 valence electrons. The number of hydrogen-bond donors (Lipinski definition) is 2. The first-order valence-electron chi connectivity index (χ1n) is 4.99. The number of carbonyl (C=O) groups is 2. The Morgan fingerprint density at radius 1 is 1.61 bits per heavy atom.